The number of nitro groups is 2. The number of nitro benzene ring substituents is 2. The van der Waals surface area contributed by atoms with Gasteiger partial charge in [-0.05, 0) is 6.92 Å². The number of hydrogen-bond donors (Lipinski definition) is 1. The Morgan fingerprint density at radius 1 is 1.14 bits per heavy atom. The number of hydrogen-bond acceptors (Lipinski definition) is 7. The fourth-order valence-corrected chi connectivity index (χ4v) is 2.18. The molecule has 0 unspecified atom stereocenters. The number of benzene rings is 1. The Labute approximate surface area is 116 Å². The van der Waals surface area contributed by atoms with E-state index >= 15 is 0 Å². The number of aromatic nitrogens is 3. The topological polar surface area (TPSA) is 142 Å². The minimum absolute atomic E-state index is 0.00963. The van der Waals surface area contributed by atoms with E-state index in [4.69, 9.17) is 5.73 Å². The van der Waals surface area contributed by atoms with Crippen LogP contribution in [-0.2, 0) is 0 Å². The molecule has 0 saturated heterocycles. The van der Waals surface area contributed by atoms with Crippen LogP contribution in [0.5, 0.6) is 0 Å². The van der Waals surface area contributed by atoms with Gasteiger partial charge >= 0.3 is 5.69 Å². The minimum atomic E-state index is -0.717. The number of nitrogens with two attached hydrogens (primary N) is 1. The second-order valence-electron chi connectivity index (χ2n) is 4.42. The summed E-state index contributed by atoms with van der Waals surface area (Å²) in [6.07, 6.45) is 0. The summed E-state index contributed by atoms with van der Waals surface area (Å²) in [6.45, 7) is 1.70. The number of aryl methyl sites for hydroxylation is 1. The lowest BCUT2D eigenvalue weighted by Gasteiger charge is -2.01. The molecule has 3 rings (SSSR count). The van der Waals surface area contributed by atoms with Crippen molar-refractivity contribution in [2.45, 2.75) is 6.92 Å². The van der Waals surface area contributed by atoms with Gasteiger partial charge in [0, 0.05) is 17.8 Å². The molecule has 106 valence electrons. The van der Waals surface area contributed by atoms with Gasteiger partial charge in [0.15, 0.2) is 5.52 Å². The zero-order valence-corrected chi connectivity index (χ0v) is 10.7. The molecule has 2 aromatic heterocycles. The Kier molecular flexibility index (Phi) is 2.48. The highest BCUT2D eigenvalue weighted by molar-refractivity contribution is 5.91. The summed E-state index contributed by atoms with van der Waals surface area (Å²) >= 11 is 0. The average molecular weight is 288 g/mol. The van der Waals surface area contributed by atoms with Crippen molar-refractivity contribution in [3.05, 3.63) is 44.1 Å². The summed E-state index contributed by atoms with van der Waals surface area (Å²) in [5.41, 5.74) is 5.78. The van der Waals surface area contributed by atoms with Gasteiger partial charge in [-0.1, -0.05) is 0 Å². The number of rotatable bonds is 2. The first-order valence-corrected chi connectivity index (χ1v) is 5.76. The molecule has 2 N–H and O–H groups in total. The largest absolute Gasteiger partial charge is 0.385 e. The quantitative estimate of drug-likeness (QED) is 0.557. The predicted molar refractivity (Wildman–Crippen MR) is 73.0 cm³/mol. The van der Waals surface area contributed by atoms with Gasteiger partial charge in [0.05, 0.1) is 21.4 Å². The highest BCUT2D eigenvalue weighted by atomic mass is 16.6. The maximum Gasteiger partial charge on any atom is 0.304 e. The zero-order valence-electron chi connectivity index (χ0n) is 10.7. The van der Waals surface area contributed by atoms with Crippen LogP contribution in [0.2, 0.25) is 0 Å². The molecule has 0 spiro atoms. The molecular weight excluding hydrogens is 280 g/mol. The molecule has 0 aliphatic carbocycles. The van der Waals surface area contributed by atoms with E-state index in [0.29, 0.717) is 5.69 Å². The molecule has 1 aromatic carbocycles. The van der Waals surface area contributed by atoms with Gasteiger partial charge in [-0.15, -0.1) is 0 Å². The maximum atomic E-state index is 11.1. The Bertz CT molecular complexity index is 931. The molecule has 10 nitrogen and oxygen atoms in total. The molecule has 0 radical (unpaired) electrons. The van der Waals surface area contributed by atoms with Gasteiger partial charge in [-0.2, -0.15) is 0 Å². The van der Waals surface area contributed by atoms with Crippen LogP contribution in [0.15, 0.2) is 18.2 Å². The number of fused-ring (bicyclic) bond motifs is 3. The molecule has 3 aromatic rings. The van der Waals surface area contributed by atoms with Gasteiger partial charge in [0.1, 0.15) is 5.82 Å². The molecule has 0 aliphatic rings. The fourth-order valence-electron chi connectivity index (χ4n) is 2.18. The van der Waals surface area contributed by atoms with Crippen molar-refractivity contribution < 1.29 is 9.85 Å². The smallest absolute Gasteiger partial charge is 0.304 e. The third-order valence-electron chi connectivity index (χ3n) is 3.01. The van der Waals surface area contributed by atoms with Crippen molar-refractivity contribution in [3.8, 4) is 0 Å². The second-order valence-corrected chi connectivity index (χ2v) is 4.42. The van der Waals surface area contributed by atoms with Crippen LogP contribution in [0, 0.1) is 27.2 Å². The monoisotopic (exact) mass is 288 g/mol. The van der Waals surface area contributed by atoms with Crippen LogP contribution >= 0.6 is 0 Å². The minimum Gasteiger partial charge on any atom is -0.385 e. The molecule has 0 fully saturated rings. The number of non-ortho nitro benzene ring substituents is 2. The van der Waals surface area contributed by atoms with E-state index in [1.54, 1.807) is 13.0 Å². The summed E-state index contributed by atoms with van der Waals surface area (Å²) in [6, 6.07) is 3.62. The van der Waals surface area contributed by atoms with Crippen molar-refractivity contribution in [2.75, 3.05) is 5.73 Å². The fraction of sp³-hybridized carbons (Fsp3) is 0.0909. The Balaban J connectivity index is 2.55. The maximum absolute atomic E-state index is 11.1. The van der Waals surface area contributed by atoms with Crippen LogP contribution in [0.4, 0.5) is 17.2 Å². The molecule has 21 heavy (non-hydrogen) atoms. The lowest BCUT2D eigenvalue weighted by Crippen LogP contribution is -2.00. The van der Waals surface area contributed by atoms with Crippen molar-refractivity contribution in [1.29, 1.82) is 0 Å². The Hall–Kier alpha value is -3.30. The van der Waals surface area contributed by atoms with Crippen LogP contribution in [0.25, 0.3) is 16.8 Å². The number of anilines is 1. The summed E-state index contributed by atoms with van der Waals surface area (Å²) in [5.74, 6) is 0.404. The summed E-state index contributed by atoms with van der Waals surface area (Å²) in [5, 5.41) is 22.0. The van der Waals surface area contributed by atoms with Crippen LogP contribution in [0.1, 0.15) is 5.69 Å². The zero-order chi connectivity index (χ0) is 15.3. The van der Waals surface area contributed by atoms with E-state index in [2.05, 4.69) is 9.97 Å². The molecule has 0 aliphatic heterocycles. The molecular formula is C11H8N6O4. The molecule has 0 atom stereocenters. The van der Waals surface area contributed by atoms with Gasteiger partial charge < -0.3 is 5.73 Å². The molecule has 2 heterocycles. The van der Waals surface area contributed by atoms with Crippen LogP contribution < -0.4 is 5.73 Å². The molecule has 10 heteroatoms. The lowest BCUT2D eigenvalue weighted by molar-refractivity contribution is -0.393. The third-order valence-corrected chi connectivity index (χ3v) is 3.01. The van der Waals surface area contributed by atoms with Crippen molar-refractivity contribution in [3.63, 3.8) is 0 Å². The van der Waals surface area contributed by atoms with Crippen molar-refractivity contribution in [2.24, 2.45) is 0 Å². The van der Waals surface area contributed by atoms with Crippen molar-refractivity contribution >= 4 is 34.0 Å². The van der Waals surface area contributed by atoms with E-state index in [-0.39, 0.29) is 22.6 Å². The highest BCUT2D eigenvalue weighted by Gasteiger charge is 2.24. The molecule has 0 bridgehead atoms. The van der Waals surface area contributed by atoms with Gasteiger partial charge in [-0.3, -0.25) is 24.6 Å². The van der Waals surface area contributed by atoms with E-state index in [0.717, 1.165) is 6.07 Å². The van der Waals surface area contributed by atoms with Gasteiger partial charge in [-0.25, -0.2) is 9.97 Å². The Morgan fingerprint density at radius 2 is 1.86 bits per heavy atom. The number of imidazole rings is 1. The second kappa shape index (κ2) is 4.10. The van der Waals surface area contributed by atoms with E-state index in [1.165, 1.54) is 10.5 Å². The van der Waals surface area contributed by atoms with Crippen LogP contribution in [-0.4, -0.2) is 24.2 Å². The SMILES string of the molecule is Cc1cc(N)n2c(n1)nc1c([N+](=O)[O-])cc([N+](=O)[O-])cc12. The number of nitrogen functional groups attached to an aromatic ring is 1. The third kappa shape index (κ3) is 1.81. The predicted octanol–water partition coefficient (Wildman–Crippen LogP) is 1.59. The van der Waals surface area contributed by atoms with E-state index in [9.17, 15) is 20.2 Å². The first kappa shape index (κ1) is 12.7. The Morgan fingerprint density at radius 3 is 2.48 bits per heavy atom. The van der Waals surface area contributed by atoms with Crippen LogP contribution in [0.3, 0.4) is 0 Å². The average Bonchev–Trinajstić information content (AvgIpc) is 2.74. The first-order chi connectivity index (χ1) is 9.88. The first-order valence-electron chi connectivity index (χ1n) is 5.76. The summed E-state index contributed by atoms with van der Waals surface area (Å²) in [4.78, 5) is 28.8. The van der Waals surface area contributed by atoms with Gasteiger partial charge in [0.25, 0.3) is 5.69 Å². The highest BCUT2D eigenvalue weighted by Crippen LogP contribution is 2.31. The molecule has 0 amide bonds. The lowest BCUT2D eigenvalue weighted by atomic mass is 10.2. The van der Waals surface area contributed by atoms with Gasteiger partial charge in [0.2, 0.25) is 5.78 Å². The standard InChI is InChI=1S/C11H8N6O4/c1-5-2-9(12)15-7-3-6(16(18)19)4-8(17(20)21)10(7)14-11(15)13-5/h2-4H,12H2,1H3. The van der Waals surface area contributed by atoms with E-state index in [1.807, 2.05) is 0 Å². The normalized spacial score (nSPS) is 11.1. The summed E-state index contributed by atoms with van der Waals surface area (Å²) < 4.78 is 1.35. The molecule has 0 saturated carbocycles. The summed E-state index contributed by atoms with van der Waals surface area (Å²) in [7, 11) is 0. The van der Waals surface area contributed by atoms with Crippen molar-refractivity contribution in [1.82, 2.24) is 14.4 Å². The number of nitrogens with zero attached hydrogens (tertiary/aromatic N) is 5. The van der Waals surface area contributed by atoms with E-state index < -0.39 is 21.2 Å².